The normalized spacial score (nSPS) is 28.4. The standard InChI is InChI=1S/C16H19N5O5/c1-8(2)15(24)25-6-16(5-17)13(23)11(22)12(26-16)9-3-4-10-14(18)19-7-20-21(9)10/h3-4,7-8,11-13,22-23H,6H2,1-2H3,(H2,18,19,20)/t11-,12-,13-,16+/m0/s1. The summed E-state index contributed by atoms with van der Waals surface area (Å²) in [6.45, 7) is 2.78. The Bertz CT molecular complexity index is 876. The number of hydrogen-bond donors (Lipinski definition) is 3. The lowest BCUT2D eigenvalue weighted by Gasteiger charge is -2.24. The molecule has 3 heterocycles. The van der Waals surface area contributed by atoms with Crippen molar-refractivity contribution in [3.8, 4) is 6.07 Å². The highest BCUT2D eigenvalue weighted by Gasteiger charge is 2.57. The largest absolute Gasteiger partial charge is 0.461 e. The van der Waals surface area contributed by atoms with Gasteiger partial charge in [0.1, 0.15) is 42.8 Å². The van der Waals surface area contributed by atoms with Crippen molar-refractivity contribution in [2.45, 2.75) is 37.8 Å². The average molecular weight is 361 g/mol. The molecule has 0 bridgehead atoms. The monoisotopic (exact) mass is 361 g/mol. The van der Waals surface area contributed by atoms with Gasteiger partial charge in [0.2, 0.25) is 5.60 Å². The molecule has 0 aliphatic carbocycles. The van der Waals surface area contributed by atoms with Crippen molar-refractivity contribution in [3.63, 3.8) is 0 Å². The van der Waals surface area contributed by atoms with Crippen LogP contribution in [-0.2, 0) is 14.3 Å². The maximum Gasteiger partial charge on any atom is 0.308 e. The van der Waals surface area contributed by atoms with Crippen molar-refractivity contribution in [1.82, 2.24) is 14.6 Å². The Morgan fingerprint density at radius 2 is 2.27 bits per heavy atom. The minimum absolute atomic E-state index is 0.233. The molecule has 0 spiro atoms. The predicted molar refractivity (Wildman–Crippen MR) is 87.4 cm³/mol. The Labute approximate surface area is 148 Å². The van der Waals surface area contributed by atoms with Gasteiger partial charge in [-0.25, -0.2) is 9.50 Å². The molecule has 0 aromatic carbocycles. The lowest BCUT2D eigenvalue weighted by molar-refractivity contribution is -0.158. The summed E-state index contributed by atoms with van der Waals surface area (Å²) in [5, 5.41) is 34.4. The number of aliphatic hydroxyl groups is 2. The summed E-state index contributed by atoms with van der Waals surface area (Å²) in [6.07, 6.45) is -2.84. The van der Waals surface area contributed by atoms with Crippen molar-refractivity contribution in [1.29, 1.82) is 5.26 Å². The van der Waals surface area contributed by atoms with E-state index in [1.54, 1.807) is 26.0 Å². The van der Waals surface area contributed by atoms with E-state index < -0.39 is 42.4 Å². The minimum Gasteiger partial charge on any atom is -0.461 e. The zero-order valence-corrected chi connectivity index (χ0v) is 14.2. The third kappa shape index (κ3) is 2.76. The maximum absolute atomic E-state index is 11.7. The van der Waals surface area contributed by atoms with Crippen molar-refractivity contribution in [3.05, 3.63) is 24.2 Å². The third-order valence-corrected chi connectivity index (χ3v) is 4.34. The van der Waals surface area contributed by atoms with E-state index in [4.69, 9.17) is 15.2 Å². The van der Waals surface area contributed by atoms with Crippen LogP contribution in [-0.4, -0.2) is 55.2 Å². The zero-order chi connectivity index (χ0) is 19.1. The Morgan fingerprint density at radius 3 is 2.92 bits per heavy atom. The minimum atomic E-state index is -1.89. The van der Waals surface area contributed by atoms with Crippen molar-refractivity contribution in [2.75, 3.05) is 12.3 Å². The van der Waals surface area contributed by atoms with Gasteiger partial charge in [-0.1, -0.05) is 13.8 Å². The van der Waals surface area contributed by atoms with Gasteiger partial charge in [-0.3, -0.25) is 4.79 Å². The first-order chi connectivity index (χ1) is 12.3. The molecule has 10 heteroatoms. The summed E-state index contributed by atoms with van der Waals surface area (Å²) in [5.41, 5.74) is 4.77. The summed E-state index contributed by atoms with van der Waals surface area (Å²) < 4.78 is 12.2. The Morgan fingerprint density at radius 1 is 1.54 bits per heavy atom. The van der Waals surface area contributed by atoms with Crippen molar-refractivity contribution >= 4 is 17.3 Å². The number of esters is 1. The van der Waals surface area contributed by atoms with Gasteiger partial charge in [0.05, 0.1) is 11.6 Å². The molecular formula is C16H19N5O5. The summed E-state index contributed by atoms with van der Waals surface area (Å²) in [4.78, 5) is 15.6. The van der Waals surface area contributed by atoms with Gasteiger partial charge in [0.25, 0.3) is 0 Å². The van der Waals surface area contributed by atoms with E-state index in [1.165, 1.54) is 10.8 Å². The number of nitriles is 1. The van der Waals surface area contributed by atoms with E-state index in [9.17, 15) is 20.3 Å². The first kappa shape index (κ1) is 18.1. The molecule has 2 aromatic rings. The fourth-order valence-electron chi connectivity index (χ4n) is 2.82. The van der Waals surface area contributed by atoms with E-state index in [-0.39, 0.29) is 5.82 Å². The molecule has 138 valence electrons. The molecule has 10 nitrogen and oxygen atoms in total. The number of hydrogen-bond acceptors (Lipinski definition) is 9. The molecule has 1 fully saturated rings. The van der Waals surface area contributed by atoms with Crippen LogP contribution < -0.4 is 5.73 Å². The molecule has 1 aliphatic rings. The zero-order valence-electron chi connectivity index (χ0n) is 14.2. The number of aromatic nitrogens is 3. The molecule has 4 N–H and O–H groups in total. The van der Waals surface area contributed by atoms with Crippen LogP contribution in [0.1, 0.15) is 25.6 Å². The number of fused-ring (bicyclic) bond motifs is 1. The molecule has 0 amide bonds. The SMILES string of the molecule is CC(C)C(=O)OC[C@@]1(C#N)O[C@@H](c2ccc3c(N)ncnn23)[C@H](O)[C@@H]1O. The quantitative estimate of drug-likeness (QED) is 0.615. The highest BCUT2D eigenvalue weighted by Crippen LogP contribution is 2.40. The number of anilines is 1. The summed E-state index contributed by atoms with van der Waals surface area (Å²) in [7, 11) is 0. The second kappa shape index (κ2) is 6.53. The molecule has 1 saturated heterocycles. The number of nitrogen functional groups attached to an aromatic ring is 1. The maximum atomic E-state index is 11.7. The van der Waals surface area contributed by atoms with Gasteiger partial charge in [-0.2, -0.15) is 10.4 Å². The van der Waals surface area contributed by atoms with Gasteiger partial charge in [-0.05, 0) is 12.1 Å². The van der Waals surface area contributed by atoms with Gasteiger partial charge >= 0.3 is 5.97 Å². The Kier molecular flexibility index (Phi) is 4.53. The third-order valence-electron chi connectivity index (χ3n) is 4.34. The first-order valence-electron chi connectivity index (χ1n) is 8.00. The smallest absolute Gasteiger partial charge is 0.308 e. The van der Waals surface area contributed by atoms with E-state index in [0.717, 1.165) is 0 Å². The van der Waals surface area contributed by atoms with Crippen molar-refractivity contribution in [2.24, 2.45) is 5.92 Å². The van der Waals surface area contributed by atoms with Crippen LogP contribution in [0.25, 0.3) is 5.52 Å². The van der Waals surface area contributed by atoms with Gasteiger partial charge in [0, 0.05) is 0 Å². The Balaban J connectivity index is 1.92. The fraction of sp³-hybridized carbons (Fsp3) is 0.500. The fourth-order valence-corrected chi connectivity index (χ4v) is 2.82. The molecule has 2 aromatic heterocycles. The molecule has 0 saturated carbocycles. The lowest BCUT2D eigenvalue weighted by Crippen LogP contribution is -2.46. The molecule has 0 unspecified atom stereocenters. The number of ether oxygens (including phenoxy) is 2. The predicted octanol–water partition coefficient (Wildman–Crippen LogP) is -0.434. The highest BCUT2D eigenvalue weighted by molar-refractivity contribution is 5.71. The summed E-state index contributed by atoms with van der Waals surface area (Å²) >= 11 is 0. The second-order valence-corrected chi connectivity index (χ2v) is 6.44. The molecule has 3 rings (SSSR count). The second-order valence-electron chi connectivity index (χ2n) is 6.44. The number of carbonyl (C=O) groups is 1. The van der Waals surface area contributed by atoms with Gasteiger partial charge in [-0.15, -0.1) is 0 Å². The number of nitrogens with two attached hydrogens (primary N) is 1. The molecule has 1 aliphatic heterocycles. The van der Waals surface area contributed by atoms with Crippen LogP contribution in [0, 0.1) is 17.2 Å². The Hall–Kier alpha value is -2.74. The van der Waals surface area contributed by atoms with Crippen molar-refractivity contribution < 1.29 is 24.5 Å². The lowest BCUT2D eigenvalue weighted by atomic mass is 9.96. The van der Waals surface area contributed by atoms with Crippen LogP contribution in [0.5, 0.6) is 0 Å². The molecule has 4 atom stereocenters. The highest BCUT2D eigenvalue weighted by atomic mass is 16.6. The number of aliphatic hydroxyl groups excluding tert-OH is 2. The molecular weight excluding hydrogens is 342 g/mol. The van der Waals surface area contributed by atoms with Crippen LogP contribution in [0.3, 0.4) is 0 Å². The molecule has 0 radical (unpaired) electrons. The average Bonchev–Trinajstić information content (AvgIpc) is 3.15. The van der Waals surface area contributed by atoms with Crippen LogP contribution in [0.15, 0.2) is 18.5 Å². The van der Waals surface area contributed by atoms with Gasteiger partial charge < -0.3 is 25.4 Å². The van der Waals surface area contributed by atoms with Crippen LogP contribution in [0.4, 0.5) is 5.82 Å². The summed E-state index contributed by atoms with van der Waals surface area (Å²) in [6, 6.07) is 5.07. The van der Waals surface area contributed by atoms with E-state index in [2.05, 4.69) is 10.1 Å². The number of carbonyl (C=O) groups excluding carboxylic acids is 1. The first-order valence-corrected chi connectivity index (χ1v) is 8.00. The summed E-state index contributed by atoms with van der Waals surface area (Å²) in [5.74, 6) is -0.710. The van der Waals surface area contributed by atoms with E-state index in [0.29, 0.717) is 11.2 Å². The van der Waals surface area contributed by atoms with E-state index >= 15 is 0 Å². The van der Waals surface area contributed by atoms with E-state index in [1.807, 2.05) is 6.07 Å². The van der Waals surface area contributed by atoms with Crippen LogP contribution in [0.2, 0.25) is 0 Å². The molecule has 26 heavy (non-hydrogen) atoms. The van der Waals surface area contributed by atoms with Crippen LogP contribution >= 0.6 is 0 Å². The number of nitrogens with zero attached hydrogens (tertiary/aromatic N) is 4. The van der Waals surface area contributed by atoms with Gasteiger partial charge in [0.15, 0.2) is 5.82 Å². The number of rotatable bonds is 4. The topological polar surface area (TPSA) is 156 Å².